The monoisotopic (exact) mass is 447 g/mol. The number of nitriles is 1. The average Bonchev–Trinajstić information content (AvgIpc) is 2.83. The van der Waals surface area contributed by atoms with Crippen LogP contribution in [-0.2, 0) is 6.61 Å². The number of nitrogens with zero attached hydrogens (tertiary/aromatic N) is 4. The molecule has 11 heteroatoms. The molecule has 166 valence electrons. The summed E-state index contributed by atoms with van der Waals surface area (Å²) in [7, 11) is 1.48. The summed E-state index contributed by atoms with van der Waals surface area (Å²) in [6.45, 7) is 0.179. The van der Waals surface area contributed by atoms with Crippen LogP contribution in [0.3, 0.4) is 0 Å². The maximum Gasteiger partial charge on any atom is 0.301 e. The van der Waals surface area contributed by atoms with Crippen LogP contribution in [-0.4, -0.2) is 23.2 Å². The molecule has 0 aliphatic heterocycles. The van der Waals surface area contributed by atoms with Crippen molar-refractivity contribution in [1.29, 1.82) is 5.26 Å². The van der Waals surface area contributed by atoms with E-state index in [1.807, 2.05) is 6.07 Å². The normalized spacial score (nSPS) is 10.4. The molecule has 0 heterocycles. The van der Waals surface area contributed by atoms with Gasteiger partial charge in [0.15, 0.2) is 11.5 Å². The Morgan fingerprint density at radius 3 is 2.55 bits per heavy atom. The Balaban J connectivity index is 1.73. The SMILES string of the molecule is COc1cc(/C=N\Nc2ccc([N+](=O)[O-])cc2[N+](=O)[O-])ccc1OCc1ccccc1C#N. The van der Waals surface area contributed by atoms with E-state index in [1.54, 1.807) is 36.4 Å². The van der Waals surface area contributed by atoms with Gasteiger partial charge in [0.1, 0.15) is 12.3 Å². The minimum Gasteiger partial charge on any atom is -0.493 e. The summed E-state index contributed by atoms with van der Waals surface area (Å²) in [4.78, 5) is 20.6. The predicted molar refractivity (Wildman–Crippen MR) is 119 cm³/mol. The predicted octanol–water partition coefficient (Wildman–Crippen LogP) is 4.41. The molecule has 0 radical (unpaired) electrons. The van der Waals surface area contributed by atoms with Gasteiger partial charge in [-0.05, 0) is 35.9 Å². The van der Waals surface area contributed by atoms with E-state index in [0.717, 1.165) is 17.7 Å². The lowest BCUT2D eigenvalue weighted by molar-refractivity contribution is -0.393. The van der Waals surface area contributed by atoms with Gasteiger partial charge in [-0.2, -0.15) is 10.4 Å². The number of nitro groups is 2. The summed E-state index contributed by atoms with van der Waals surface area (Å²) in [5, 5.41) is 35.2. The van der Waals surface area contributed by atoms with Crippen molar-refractivity contribution >= 4 is 23.3 Å². The molecule has 0 saturated heterocycles. The fourth-order valence-corrected chi connectivity index (χ4v) is 2.85. The van der Waals surface area contributed by atoms with Crippen LogP contribution in [0, 0.1) is 31.6 Å². The van der Waals surface area contributed by atoms with Crippen LogP contribution in [0.1, 0.15) is 16.7 Å². The highest BCUT2D eigenvalue weighted by atomic mass is 16.6. The Morgan fingerprint density at radius 1 is 1.06 bits per heavy atom. The Labute approximate surface area is 187 Å². The minimum atomic E-state index is -0.732. The lowest BCUT2D eigenvalue weighted by atomic mass is 10.1. The summed E-state index contributed by atoms with van der Waals surface area (Å²) >= 11 is 0. The molecule has 0 saturated carbocycles. The molecule has 0 bridgehead atoms. The number of hydrogen-bond donors (Lipinski definition) is 1. The van der Waals surface area contributed by atoms with Crippen LogP contribution in [0.25, 0.3) is 0 Å². The van der Waals surface area contributed by atoms with E-state index in [1.165, 1.54) is 19.4 Å². The number of ether oxygens (including phenoxy) is 2. The number of methoxy groups -OCH3 is 1. The smallest absolute Gasteiger partial charge is 0.301 e. The van der Waals surface area contributed by atoms with Crippen LogP contribution in [0.2, 0.25) is 0 Å². The van der Waals surface area contributed by atoms with Crippen molar-refractivity contribution in [3.63, 3.8) is 0 Å². The van der Waals surface area contributed by atoms with Crippen LogP contribution < -0.4 is 14.9 Å². The lowest BCUT2D eigenvalue weighted by Gasteiger charge is -2.12. The second-order valence-corrected chi connectivity index (χ2v) is 6.55. The van der Waals surface area contributed by atoms with Crippen molar-refractivity contribution in [2.24, 2.45) is 5.10 Å². The Hall–Kier alpha value is -4.98. The van der Waals surface area contributed by atoms with Crippen LogP contribution in [0.5, 0.6) is 11.5 Å². The zero-order valence-corrected chi connectivity index (χ0v) is 17.3. The molecule has 3 rings (SSSR count). The van der Waals surface area contributed by atoms with E-state index in [4.69, 9.17) is 9.47 Å². The zero-order valence-electron chi connectivity index (χ0n) is 17.3. The van der Waals surface area contributed by atoms with Crippen LogP contribution in [0.4, 0.5) is 17.1 Å². The second-order valence-electron chi connectivity index (χ2n) is 6.55. The molecule has 1 N–H and O–H groups in total. The number of rotatable bonds is 9. The highest BCUT2D eigenvalue weighted by Crippen LogP contribution is 2.30. The van der Waals surface area contributed by atoms with E-state index < -0.39 is 21.2 Å². The third-order valence-corrected chi connectivity index (χ3v) is 4.50. The summed E-state index contributed by atoms with van der Waals surface area (Å²) < 4.78 is 11.1. The first-order valence-corrected chi connectivity index (χ1v) is 9.43. The molecule has 0 spiro atoms. The van der Waals surface area contributed by atoms with Gasteiger partial charge in [0, 0.05) is 11.6 Å². The van der Waals surface area contributed by atoms with E-state index in [2.05, 4.69) is 16.6 Å². The number of nitrogens with one attached hydrogen (secondary N) is 1. The highest BCUT2D eigenvalue weighted by molar-refractivity contribution is 5.82. The molecule has 33 heavy (non-hydrogen) atoms. The van der Waals surface area contributed by atoms with Gasteiger partial charge < -0.3 is 9.47 Å². The number of nitro benzene ring substituents is 2. The summed E-state index contributed by atoms with van der Waals surface area (Å²) in [6, 6.07) is 17.4. The molecule has 0 aliphatic rings. The average molecular weight is 447 g/mol. The summed E-state index contributed by atoms with van der Waals surface area (Å²) in [6.07, 6.45) is 1.41. The third kappa shape index (κ3) is 5.59. The van der Waals surface area contributed by atoms with E-state index >= 15 is 0 Å². The molecule has 0 unspecified atom stereocenters. The maximum absolute atomic E-state index is 11.2. The third-order valence-electron chi connectivity index (χ3n) is 4.50. The van der Waals surface area contributed by atoms with Gasteiger partial charge in [-0.3, -0.25) is 25.7 Å². The number of hydrazone groups is 1. The Morgan fingerprint density at radius 2 is 1.85 bits per heavy atom. The molecule has 11 nitrogen and oxygen atoms in total. The van der Waals surface area contributed by atoms with Crippen molar-refractivity contribution in [3.05, 3.63) is 97.6 Å². The van der Waals surface area contributed by atoms with E-state index in [0.29, 0.717) is 22.6 Å². The van der Waals surface area contributed by atoms with E-state index in [9.17, 15) is 25.5 Å². The van der Waals surface area contributed by atoms with Gasteiger partial charge in [-0.25, -0.2) is 0 Å². The van der Waals surface area contributed by atoms with Gasteiger partial charge in [0.2, 0.25) is 0 Å². The van der Waals surface area contributed by atoms with Crippen LogP contribution in [0.15, 0.2) is 65.8 Å². The quantitative estimate of drug-likeness (QED) is 0.287. The molecule has 0 amide bonds. The Bertz CT molecular complexity index is 1270. The number of benzene rings is 3. The molecular formula is C22H17N5O6. The van der Waals surface area contributed by atoms with Crippen molar-refractivity contribution in [3.8, 4) is 17.6 Å². The van der Waals surface area contributed by atoms with Crippen molar-refractivity contribution in [2.45, 2.75) is 6.61 Å². The molecular weight excluding hydrogens is 430 g/mol. The molecule has 3 aromatic rings. The van der Waals surface area contributed by atoms with Gasteiger partial charge >= 0.3 is 5.69 Å². The second kappa shape index (κ2) is 10.4. The first-order chi connectivity index (χ1) is 15.9. The number of anilines is 1. The number of hydrogen-bond acceptors (Lipinski definition) is 9. The van der Waals surface area contributed by atoms with Crippen molar-refractivity contribution < 1.29 is 19.3 Å². The first-order valence-electron chi connectivity index (χ1n) is 9.43. The van der Waals surface area contributed by atoms with E-state index in [-0.39, 0.29) is 12.3 Å². The van der Waals surface area contributed by atoms with Gasteiger partial charge in [0.25, 0.3) is 5.69 Å². The highest BCUT2D eigenvalue weighted by Gasteiger charge is 2.19. The Kier molecular flexibility index (Phi) is 7.13. The minimum absolute atomic E-state index is 0.00456. The molecule has 0 atom stereocenters. The fraction of sp³-hybridized carbons (Fsp3) is 0.0909. The van der Waals surface area contributed by atoms with Crippen molar-refractivity contribution in [2.75, 3.05) is 12.5 Å². The topological polar surface area (TPSA) is 153 Å². The summed E-state index contributed by atoms with van der Waals surface area (Å²) in [5.41, 5.74) is 3.52. The van der Waals surface area contributed by atoms with Gasteiger partial charge in [0.05, 0.1) is 40.9 Å². The number of non-ortho nitro benzene ring substituents is 1. The molecule has 0 fully saturated rings. The standard InChI is InChI=1S/C22H17N5O6/c1-32-22-10-15(6-9-21(22)33-14-17-5-3-2-4-16(17)12-23)13-24-25-19-8-7-18(26(28)29)11-20(19)27(30)31/h2-11,13,25H,14H2,1H3/b24-13-. The summed E-state index contributed by atoms with van der Waals surface area (Å²) in [5.74, 6) is 0.885. The zero-order chi connectivity index (χ0) is 23.8. The lowest BCUT2D eigenvalue weighted by Crippen LogP contribution is -2.01. The van der Waals surface area contributed by atoms with Gasteiger partial charge in [-0.15, -0.1) is 0 Å². The maximum atomic E-state index is 11.2. The molecule has 0 aliphatic carbocycles. The molecule has 0 aromatic heterocycles. The first kappa shape index (κ1) is 22.7. The fourth-order valence-electron chi connectivity index (χ4n) is 2.85. The van der Waals surface area contributed by atoms with Gasteiger partial charge in [-0.1, -0.05) is 18.2 Å². The molecule has 3 aromatic carbocycles. The van der Waals surface area contributed by atoms with Crippen molar-refractivity contribution in [1.82, 2.24) is 0 Å². The van der Waals surface area contributed by atoms with Crippen LogP contribution >= 0.6 is 0 Å². The largest absolute Gasteiger partial charge is 0.493 e.